The summed E-state index contributed by atoms with van der Waals surface area (Å²) in [5.74, 6) is -1.23. The second-order valence-corrected chi connectivity index (χ2v) is 7.72. The highest BCUT2D eigenvalue weighted by atomic mass is 16.4. The largest absolute Gasteiger partial charge is 0.480 e. The highest BCUT2D eigenvalue weighted by molar-refractivity contribution is 6.21. The lowest BCUT2D eigenvalue weighted by molar-refractivity contribution is -0.149. The summed E-state index contributed by atoms with van der Waals surface area (Å²) < 4.78 is 1.99. The average molecular weight is 399 g/mol. The summed E-state index contributed by atoms with van der Waals surface area (Å²) in [6, 6.07) is 16.8. The van der Waals surface area contributed by atoms with Crippen molar-refractivity contribution in [2.75, 3.05) is 0 Å². The van der Waals surface area contributed by atoms with Crippen molar-refractivity contribution >= 4 is 17.4 Å². The van der Waals surface area contributed by atoms with Crippen LogP contribution in [-0.4, -0.2) is 37.5 Å². The summed E-state index contributed by atoms with van der Waals surface area (Å²) >= 11 is 0. The molecule has 1 amide bonds. The number of aliphatic carboxylic acids is 1. The summed E-state index contributed by atoms with van der Waals surface area (Å²) in [5, 5.41) is 9.90. The molecular weight excluding hydrogens is 378 g/mol. The molecule has 0 radical (unpaired) electrons. The van der Waals surface area contributed by atoms with Crippen LogP contribution in [0.25, 0.3) is 5.57 Å². The number of carbonyl (C=O) groups excluding carboxylic acids is 1. The first-order chi connectivity index (χ1) is 14.6. The van der Waals surface area contributed by atoms with Crippen LogP contribution in [0.2, 0.25) is 0 Å². The zero-order valence-electron chi connectivity index (χ0n) is 16.4. The lowest BCUT2D eigenvalue weighted by Gasteiger charge is -2.33. The fourth-order valence-electron chi connectivity index (χ4n) is 4.37. The van der Waals surface area contributed by atoms with Crippen LogP contribution < -0.4 is 0 Å². The molecule has 1 aromatic heterocycles. The minimum Gasteiger partial charge on any atom is -0.480 e. The van der Waals surface area contributed by atoms with Gasteiger partial charge in [0.2, 0.25) is 0 Å². The van der Waals surface area contributed by atoms with Crippen molar-refractivity contribution in [2.24, 2.45) is 0 Å². The predicted molar refractivity (Wildman–Crippen MR) is 112 cm³/mol. The molecule has 3 aromatic rings. The van der Waals surface area contributed by atoms with Gasteiger partial charge in [-0.2, -0.15) is 0 Å². The highest BCUT2D eigenvalue weighted by Gasteiger charge is 2.38. The van der Waals surface area contributed by atoms with Gasteiger partial charge in [0.05, 0.1) is 18.6 Å². The minimum absolute atomic E-state index is 0.201. The summed E-state index contributed by atoms with van der Waals surface area (Å²) in [5.41, 5.74) is 5.35. The number of amides is 1. The first-order valence-electron chi connectivity index (χ1n) is 10.0. The van der Waals surface area contributed by atoms with Crippen LogP contribution in [0.1, 0.15) is 28.1 Å². The van der Waals surface area contributed by atoms with Crippen LogP contribution in [0, 0.1) is 0 Å². The van der Waals surface area contributed by atoms with Crippen molar-refractivity contribution in [2.45, 2.75) is 32.0 Å². The van der Waals surface area contributed by atoms with Crippen molar-refractivity contribution in [3.63, 3.8) is 0 Å². The Labute approximate surface area is 174 Å². The van der Waals surface area contributed by atoms with E-state index in [1.54, 1.807) is 6.33 Å². The second-order valence-electron chi connectivity index (χ2n) is 7.72. The van der Waals surface area contributed by atoms with E-state index in [2.05, 4.69) is 4.98 Å². The van der Waals surface area contributed by atoms with Crippen LogP contribution in [0.4, 0.5) is 0 Å². The third-order valence-corrected chi connectivity index (χ3v) is 5.92. The number of aromatic nitrogens is 2. The zero-order valence-corrected chi connectivity index (χ0v) is 16.4. The molecule has 0 saturated heterocycles. The van der Waals surface area contributed by atoms with Gasteiger partial charge in [0.15, 0.2) is 0 Å². The molecule has 1 aliphatic heterocycles. The lowest BCUT2D eigenvalue weighted by atomic mass is 9.99. The van der Waals surface area contributed by atoms with Crippen LogP contribution in [0.5, 0.6) is 0 Å². The number of benzene rings is 2. The summed E-state index contributed by atoms with van der Waals surface area (Å²) in [7, 11) is 0. The van der Waals surface area contributed by atoms with E-state index in [9.17, 15) is 14.7 Å². The van der Waals surface area contributed by atoms with E-state index in [0.717, 1.165) is 28.1 Å². The standard InChI is InChI=1S/C24H21N3O3/c28-23(19-11-10-17-8-4-5-9-18(17)19)27-14-20-21(12-22(27)24(29)30)26(15-25-20)13-16-6-2-1-3-7-16/h1-9,11,15,22H,10,12-14H2,(H,29,30). The third-order valence-electron chi connectivity index (χ3n) is 5.92. The Bertz CT molecular complexity index is 1160. The zero-order chi connectivity index (χ0) is 20.7. The number of carboxylic acid groups (broad SMARTS) is 1. The van der Waals surface area contributed by atoms with Gasteiger partial charge in [0, 0.05) is 24.2 Å². The molecule has 6 heteroatoms. The van der Waals surface area contributed by atoms with Crippen molar-refractivity contribution in [1.82, 2.24) is 14.5 Å². The molecule has 1 N–H and O–H groups in total. The molecule has 0 spiro atoms. The molecule has 5 rings (SSSR count). The predicted octanol–water partition coefficient (Wildman–Crippen LogP) is 2.91. The molecule has 2 heterocycles. The van der Waals surface area contributed by atoms with Gasteiger partial charge in [0.25, 0.3) is 5.91 Å². The average Bonchev–Trinajstić information content (AvgIpc) is 3.37. The number of carbonyl (C=O) groups is 2. The molecule has 2 aromatic carbocycles. The maximum absolute atomic E-state index is 13.3. The number of nitrogens with zero attached hydrogens (tertiary/aromatic N) is 3. The number of hydrogen-bond acceptors (Lipinski definition) is 3. The SMILES string of the molecule is O=C(O)C1Cc2c(ncn2Cc2ccccc2)CN1C(=O)C1=CCc2ccccc21. The van der Waals surface area contributed by atoms with Crippen LogP contribution in [0.15, 0.2) is 67.0 Å². The Balaban J connectivity index is 1.45. The summed E-state index contributed by atoms with van der Waals surface area (Å²) in [6.45, 7) is 0.828. The third kappa shape index (κ3) is 3.10. The molecular formula is C24H21N3O3. The van der Waals surface area contributed by atoms with Gasteiger partial charge >= 0.3 is 5.97 Å². The van der Waals surface area contributed by atoms with Crippen molar-refractivity contribution in [3.8, 4) is 0 Å². The molecule has 150 valence electrons. The normalized spacial score (nSPS) is 17.3. The Morgan fingerprint density at radius 2 is 1.83 bits per heavy atom. The molecule has 6 nitrogen and oxygen atoms in total. The molecule has 1 unspecified atom stereocenters. The number of rotatable bonds is 4. The Kier molecular flexibility index (Phi) is 4.47. The van der Waals surface area contributed by atoms with Gasteiger partial charge < -0.3 is 14.6 Å². The smallest absolute Gasteiger partial charge is 0.326 e. The fourth-order valence-corrected chi connectivity index (χ4v) is 4.37. The Morgan fingerprint density at radius 1 is 1.07 bits per heavy atom. The first kappa shape index (κ1) is 18.4. The minimum atomic E-state index is -0.992. The maximum Gasteiger partial charge on any atom is 0.326 e. The summed E-state index contributed by atoms with van der Waals surface area (Å²) in [4.78, 5) is 31.4. The van der Waals surface area contributed by atoms with Crippen LogP contribution >= 0.6 is 0 Å². The molecule has 2 aliphatic rings. The quantitative estimate of drug-likeness (QED) is 0.732. The second kappa shape index (κ2) is 7.30. The van der Waals surface area contributed by atoms with Gasteiger partial charge in [-0.25, -0.2) is 9.78 Å². The monoisotopic (exact) mass is 399 g/mol. The van der Waals surface area contributed by atoms with E-state index in [4.69, 9.17) is 0 Å². The first-order valence-corrected chi connectivity index (χ1v) is 10.0. The molecule has 0 fully saturated rings. The van der Waals surface area contributed by atoms with Gasteiger partial charge in [0.1, 0.15) is 6.04 Å². The van der Waals surface area contributed by atoms with Crippen molar-refractivity contribution < 1.29 is 14.7 Å². The van der Waals surface area contributed by atoms with Gasteiger partial charge in [-0.1, -0.05) is 60.7 Å². The van der Waals surface area contributed by atoms with E-state index in [1.807, 2.05) is 65.2 Å². The summed E-state index contributed by atoms with van der Waals surface area (Å²) in [6.07, 6.45) is 4.59. The van der Waals surface area contributed by atoms with Gasteiger partial charge in [-0.15, -0.1) is 0 Å². The molecule has 0 bridgehead atoms. The molecule has 30 heavy (non-hydrogen) atoms. The number of carboxylic acids is 1. The highest BCUT2D eigenvalue weighted by Crippen LogP contribution is 2.32. The van der Waals surface area contributed by atoms with E-state index in [1.165, 1.54) is 4.90 Å². The van der Waals surface area contributed by atoms with Gasteiger partial charge in [-0.05, 0) is 23.1 Å². The number of hydrogen-bond donors (Lipinski definition) is 1. The van der Waals surface area contributed by atoms with Gasteiger partial charge in [-0.3, -0.25) is 4.79 Å². The van der Waals surface area contributed by atoms with E-state index >= 15 is 0 Å². The molecule has 1 atom stereocenters. The van der Waals surface area contributed by atoms with Crippen LogP contribution in [0.3, 0.4) is 0 Å². The maximum atomic E-state index is 13.3. The van der Waals surface area contributed by atoms with Crippen molar-refractivity contribution in [1.29, 1.82) is 0 Å². The van der Waals surface area contributed by atoms with E-state index < -0.39 is 12.0 Å². The van der Waals surface area contributed by atoms with Crippen molar-refractivity contribution in [3.05, 3.63) is 95.1 Å². The molecule has 0 saturated carbocycles. The van der Waals surface area contributed by atoms with Crippen LogP contribution in [-0.2, 0) is 35.5 Å². The van der Waals surface area contributed by atoms with E-state index in [-0.39, 0.29) is 18.9 Å². The topological polar surface area (TPSA) is 75.4 Å². The number of allylic oxidation sites excluding steroid dienone is 1. The molecule has 1 aliphatic carbocycles. The number of fused-ring (bicyclic) bond motifs is 2. The van der Waals surface area contributed by atoms with E-state index in [0.29, 0.717) is 18.5 Å². The fraction of sp³-hybridized carbons (Fsp3) is 0.208. The Hall–Kier alpha value is -3.67. The lowest BCUT2D eigenvalue weighted by Crippen LogP contribution is -2.49. The number of imidazole rings is 1. The Morgan fingerprint density at radius 3 is 2.63 bits per heavy atom.